The van der Waals surface area contributed by atoms with Crippen LogP contribution >= 0.6 is 0 Å². The van der Waals surface area contributed by atoms with Crippen LogP contribution in [0.3, 0.4) is 0 Å². The molecule has 1 aromatic heterocycles. The van der Waals surface area contributed by atoms with E-state index in [9.17, 15) is 14.5 Å². The van der Waals surface area contributed by atoms with Gasteiger partial charge in [0.1, 0.15) is 17.3 Å². The molecule has 2 aromatic rings. The lowest BCUT2D eigenvalue weighted by Crippen LogP contribution is -2.12. The lowest BCUT2D eigenvalue weighted by molar-refractivity contribution is -0.385. The highest BCUT2D eigenvalue weighted by Gasteiger charge is 2.17. The summed E-state index contributed by atoms with van der Waals surface area (Å²) < 4.78 is 19.1. The third-order valence-corrected chi connectivity index (χ3v) is 2.68. The molecular formula is C13H11FN4O3. The first-order chi connectivity index (χ1) is 9.88. The van der Waals surface area contributed by atoms with Crippen molar-refractivity contribution in [3.8, 4) is 11.5 Å². The molecule has 0 amide bonds. The Labute approximate surface area is 118 Å². The van der Waals surface area contributed by atoms with Gasteiger partial charge in [0.2, 0.25) is 0 Å². The molecule has 3 N–H and O–H groups in total. The molecule has 108 valence electrons. The summed E-state index contributed by atoms with van der Waals surface area (Å²) in [7, 11) is 0. The van der Waals surface area contributed by atoms with Crippen LogP contribution in [-0.2, 0) is 0 Å². The van der Waals surface area contributed by atoms with Crippen molar-refractivity contribution in [1.29, 1.82) is 5.41 Å². The molecule has 8 heteroatoms. The first-order valence-corrected chi connectivity index (χ1v) is 5.81. The van der Waals surface area contributed by atoms with E-state index < -0.39 is 10.7 Å². The predicted octanol–water partition coefficient (Wildman–Crippen LogP) is 2.51. The maximum Gasteiger partial charge on any atom is 0.275 e. The zero-order chi connectivity index (χ0) is 15.6. The fraction of sp³-hybridized carbons (Fsp3) is 0.0769. The van der Waals surface area contributed by atoms with Crippen LogP contribution < -0.4 is 10.5 Å². The van der Waals surface area contributed by atoms with Crippen LogP contribution in [0.25, 0.3) is 0 Å². The number of hydrogen-bond acceptors (Lipinski definition) is 5. The number of nitro groups is 1. The average molecular weight is 290 g/mol. The minimum Gasteiger partial charge on any atom is -0.454 e. The molecule has 0 spiro atoms. The van der Waals surface area contributed by atoms with Gasteiger partial charge < -0.3 is 10.5 Å². The van der Waals surface area contributed by atoms with E-state index in [-0.39, 0.29) is 34.3 Å². The Bertz CT molecular complexity index is 733. The fourth-order valence-corrected chi connectivity index (χ4v) is 1.67. The second kappa shape index (κ2) is 5.53. The van der Waals surface area contributed by atoms with Crippen molar-refractivity contribution in [2.75, 3.05) is 0 Å². The Hall–Kier alpha value is -3.03. The van der Waals surface area contributed by atoms with Gasteiger partial charge in [0.25, 0.3) is 5.69 Å². The second-order valence-electron chi connectivity index (χ2n) is 4.22. The van der Waals surface area contributed by atoms with Crippen molar-refractivity contribution in [3.63, 3.8) is 0 Å². The number of nitrogen functional groups attached to an aromatic ring is 1. The van der Waals surface area contributed by atoms with Crippen molar-refractivity contribution in [3.05, 3.63) is 57.7 Å². The fourth-order valence-electron chi connectivity index (χ4n) is 1.67. The molecule has 1 aromatic carbocycles. The second-order valence-corrected chi connectivity index (χ2v) is 4.22. The van der Waals surface area contributed by atoms with E-state index in [2.05, 4.69) is 4.98 Å². The van der Waals surface area contributed by atoms with Gasteiger partial charge in [0, 0.05) is 17.8 Å². The highest BCUT2D eigenvalue weighted by Crippen LogP contribution is 2.30. The van der Waals surface area contributed by atoms with E-state index in [1.54, 1.807) is 0 Å². The number of hydrogen-bond donors (Lipinski definition) is 2. The molecule has 0 aliphatic rings. The first kappa shape index (κ1) is 14.4. The van der Waals surface area contributed by atoms with E-state index in [0.29, 0.717) is 0 Å². The molecule has 0 atom stereocenters. The van der Waals surface area contributed by atoms with E-state index in [1.807, 2.05) is 0 Å². The van der Waals surface area contributed by atoms with Crippen molar-refractivity contribution in [1.82, 2.24) is 4.98 Å². The molecule has 0 fully saturated rings. The van der Waals surface area contributed by atoms with Gasteiger partial charge in [-0.05, 0) is 19.1 Å². The number of aromatic nitrogens is 1. The number of pyridine rings is 1. The monoisotopic (exact) mass is 290 g/mol. The molecule has 0 aliphatic carbocycles. The number of nitrogens with zero attached hydrogens (tertiary/aromatic N) is 2. The minimum absolute atomic E-state index is 0.154. The summed E-state index contributed by atoms with van der Waals surface area (Å²) in [5.74, 6) is -1.03. The molecule has 0 aliphatic heterocycles. The number of benzene rings is 1. The van der Waals surface area contributed by atoms with E-state index in [0.717, 1.165) is 6.07 Å². The van der Waals surface area contributed by atoms with Gasteiger partial charge in [0.05, 0.1) is 11.0 Å². The number of aryl methyl sites for hydroxylation is 1. The zero-order valence-corrected chi connectivity index (χ0v) is 11.0. The molecule has 0 bridgehead atoms. The van der Waals surface area contributed by atoms with Crippen molar-refractivity contribution >= 4 is 11.5 Å². The summed E-state index contributed by atoms with van der Waals surface area (Å²) in [5.41, 5.74) is 5.44. The number of amidine groups is 1. The number of nitrogens with one attached hydrogen (secondary N) is 1. The van der Waals surface area contributed by atoms with Crippen LogP contribution in [0.15, 0.2) is 30.5 Å². The summed E-state index contributed by atoms with van der Waals surface area (Å²) in [5, 5.41) is 18.0. The average Bonchev–Trinajstić information content (AvgIpc) is 2.42. The topological polar surface area (TPSA) is 115 Å². The van der Waals surface area contributed by atoms with Gasteiger partial charge in [-0.25, -0.2) is 4.39 Å². The Morgan fingerprint density at radius 2 is 2.19 bits per heavy atom. The van der Waals surface area contributed by atoms with Gasteiger partial charge in [0.15, 0.2) is 11.6 Å². The summed E-state index contributed by atoms with van der Waals surface area (Å²) in [4.78, 5) is 13.9. The summed E-state index contributed by atoms with van der Waals surface area (Å²) in [6.07, 6.45) is 1.36. The molecule has 0 radical (unpaired) electrons. The molecule has 2 rings (SSSR count). The molecule has 7 nitrogen and oxygen atoms in total. The van der Waals surface area contributed by atoms with Crippen LogP contribution in [0.2, 0.25) is 0 Å². The van der Waals surface area contributed by atoms with Crippen LogP contribution in [-0.4, -0.2) is 15.7 Å². The standard InChI is InChI=1S/C13H11FN4O3/c1-7-4-12(9(14)6-11(7)18(19)20)21-8-2-3-17-10(5-8)13(15)16/h2-6H,1H3,(H3,15,16). The highest BCUT2D eigenvalue weighted by molar-refractivity contribution is 5.93. The van der Waals surface area contributed by atoms with E-state index >= 15 is 0 Å². The number of halogens is 1. The molecule has 0 unspecified atom stereocenters. The van der Waals surface area contributed by atoms with Gasteiger partial charge in [-0.1, -0.05) is 0 Å². The van der Waals surface area contributed by atoms with Crippen molar-refractivity contribution in [2.24, 2.45) is 5.73 Å². The maximum absolute atomic E-state index is 13.8. The normalized spacial score (nSPS) is 10.2. The minimum atomic E-state index is -0.853. The number of nitro benzene ring substituents is 1. The SMILES string of the molecule is Cc1cc(Oc2ccnc(C(=N)N)c2)c(F)cc1[N+](=O)[O-]. The van der Waals surface area contributed by atoms with Gasteiger partial charge in [-0.2, -0.15) is 0 Å². The Morgan fingerprint density at radius 3 is 2.81 bits per heavy atom. The van der Waals surface area contributed by atoms with Gasteiger partial charge in [-0.15, -0.1) is 0 Å². The third kappa shape index (κ3) is 3.11. The molecule has 0 saturated carbocycles. The zero-order valence-electron chi connectivity index (χ0n) is 11.0. The summed E-state index contributed by atoms with van der Waals surface area (Å²) in [6, 6.07) is 4.88. The third-order valence-electron chi connectivity index (χ3n) is 2.68. The lowest BCUT2D eigenvalue weighted by atomic mass is 10.2. The summed E-state index contributed by atoms with van der Waals surface area (Å²) >= 11 is 0. The smallest absolute Gasteiger partial charge is 0.275 e. The van der Waals surface area contributed by atoms with E-state index in [4.69, 9.17) is 15.9 Å². The van der Waals surface area contributed by atoms with Gasteiger partial charge >= 0.3 is 0 Å². The number of rotatable bonds is 4. The van der Waals surface area contributed by atoms with Gasteiger partial charge in [-0.3, -0.25) is 20.5 Å². The first-order valence-electron chi connectivity index (χ1n) is 5.81. The van der Waals surface area contributed by atoms with Crippen LogP contribution in [0.5, 0.6) is 11.5 Å². The molecule has 1 heterocycles. The quantitative estimate of drug-likeness (QED) is 0.388. The Balaban J connectivity index is 2.36. The van der Waals surface area contributed by atoms with Crippen LogP contribution in [0.1, 0.15) is 11.3 Å². The Kier molecular flexibility index (Phi) is 3.79. The Morgan fingerprint density at radius 1 is 1.48 bits per heavy atom. The molecule has 21 heavy (non-hydrogen) atoms. The van der Waals surface area contributed by atoms with Crippen LogP contribution in [0, 0.1) is 28.3 Å². The van der Waals surface area contributed by atoms with Crippen LogP contribution in [0.4, 0.5) is 10.1 Å². The molecular weight excluding hydrogens is 279 g/mol. The predicted molar refractivity (Wildman–Crippen MR) is 73.1 cm³/mol. The largest absolute Gasteiger partial charge is 0.454 e. The summed E-state index contributed by atoms with van der Waals surface area (Å²) in [6.45, 7) is 1.48. The molecule has 0 saturated heterocycles. The maximum atomic E-state index is 13.8. The van der Waals surface area contributed by atoms with E-state index in [1.165, 1.54) is 31.3 Å². The number of ether oxygens (including phenoxy) is 1. The highest BCUT2D eigenvalue weighted by atomic mass is 19.1. The van der Waals surface area contributed by atoms with Crippen molar-refractivity contribution in [2.45, 2.75) is 6.92 Å². The van der Waals surface area contributed by atoms with Crippen molar-refractivity contribution < 1.29 is 14.1 Å². The number of nitrogens with two attached hydrogens (primary N) is 1. The lowest BCUT2D eigenvalue weighted by Gasteiger charge is -2.08.